The van der Waals surface area contributed by atoms with Gasteiger partial charge in [0.25, 0.3) is 0 Å². The zero-order valence-corrected chi connectivity index (χ0v) is 19.3. The SMILES string of the molecule is CCNC(=NCCCCC(C)(C)C)N1CCC(COCCOC)C1.I. The second kappa shape index (κ2) is 14.0. The number of hydrogen-bond acceptors (Lipinski definition) is 3. The van der Waals surface area contributed by atoms with Crippen molar-refractivity contribution in [1.82, 2.24) is 10.2 Å². The molecule has 0 aliphatic carbocycles. The van der Waals surface area contributed by atoms with E-state index in [4.69, 9.17) is 14.5 Å². The summed E-state index contributed by atoms with van der Waals surface area (Å²) in [5.74, 6) is 1.68. The topological polar surface area (TPSA) is 46.1 Å². The smallest absolute Gasteiger partial charge is 0.193 e. The van der Waals surface area contributed by atoms with Crippen LogP contribution in [0.1, 0.15) is 53.4 Å². The minimum atomic E-state index is 0. The fourth-order valence-electron chi connectivity index (χ4n) is 2.93. The van der Waals surface area contributed by atoms with Gasteiger partial charge in [-0.05, 0) is 31.6 Å². The van der Waals surface area contributed by atoms with Crippen molar-refractivity contribution in [3.05, 3.63) is 0 Å². The predicted molar refractivity (Wildman–Crippen MR) is 117 cm³/mol. The number of nitrogens with zero attached hydrogens (tertiary/aromatic N) is 2. The highest BCUT2D eigenvalue weighted by molar-refractivity contribution is 14.0. The molecule has 5 nitrogen and oxygen atoms in total. The molecule has 0 saturated carbocycles. The van der Waals surface area contributed by atoms with E-state index in [1.165, 1.54) is 25.7 Å². The minimum absolute atomic E-state index is 0. The van der Waals surface area contributed by atoms with Crippen molar-refractivity contribution in [1.29, 1.82) is 0 Å². The Morgan fingerprint density at radius 2 is 2.00 bits per heavy atom. The third kappa shape index (κ3) is 12.0. The number of nitrogens with one attached hydrogen (secondary N) is 1. The summed E-state index contributed by atoms with van der Waals surface area (Å²) in [6, 6.07) is 0. The molecule has 0 aromatic carbocycles. The summed E-state index contributed by atoms with van der Waals surface area (Å²) >= 11 is 0. The van der Waals surface area contributed by atoms with Gasteiger partial charge in [-0.25, -0.2) is 0 Å². The monoisotopic (exact) mass is 469 g/mol. The average Bonchev–Trinajstić information content (AvgIpc) is 2.98. The van der Waals surface area contributed by atoms with Crippen LogP contribution in [0, 0.1) is 11.3 Å². The van der Waals surface area contributed by atoms with Gasteiger partial charge in [-0.1, -0.05) is 27.2 Å². The zero-order valence-electron chi connectivity index (χ0n) is 17.0. The molecule has 1 aliphatic heterocycles. The van der Waals surface area contributed by atoms with Crippen LogP contribution in [0.15, 0.2) is 4.99 Å². The van der Waals surface area contributed by atoms with Crippen molar-refractivity contribution in [2.24, 2.45) is 16.3 Å². The average molecular weight is 469 g/mol. The van der Waals surface area contributed by atoms with Crippen molar-refractivity contribution in [3.63, 3.8) is 0 Å². The maximum Gasteiger partial charge on any atom is 0.193 e. The van der Waals surface area contributed by atoms with Crippen LogP contribution in [0.2, 0.25) is 0 Å². The molecule has 0 aromatic heterocycles. The van der Waals surface area contributed by atoms with Crippen LogP contribution in [0.4, 0.5) is 0 Å². The first-order valence-electron chi connectivity index (χ1n) is 9.56. The van der Waals surface area contributed by atoms with E-state index in [0.717, 1.165) is 38.7 Å². The largest absolute Gasteiger partial charge is 0.382 e. The van der Waals surface area contributed by atoms with Gasteiger partial charge >= 0.3 is 0 Å². The molecule has 6 heteroatoms. The first kappa shape index (κ1) is 24.9. The molecular formula is C19H40IN3O2. The number of halogens is 1. The highest BCUT2D eigenvalue weighted by Gasteiger charge is 2.24. The van der Waals surface area contributed by atoms with Crippen LogP contribution in [-0.4, -0.2) is 64.0 Å². The molecule has 1 unspecified atom stereocenters. The van der Waals surface area contributed by atoms with Crippen molar-refractivity contribution in [3.8, 4) is 0 Å². The second-order valence-corrected chi connectivity index (χ2v) is 7.92. The predicted octanol–water partition coefficient (Wildman–Crippen LogP) is 3.77. The lowest BCUT2D eigenvalue weighted by Crippen LogP contribution is -2.40. The lowest BCUT2D eigenvalue weighted by Gasteiger charge is -2.22. The summed E-state index contributed by atoms with van der Waals surface area (Å²) in [7, 11) is 1.71. The fraction of sp³-hybridized carbons (Fsp3) is 0.947. The standard InChI is InChI=1S/C19H39N3O2.HI/c1-6-20-18(21-11-8-7-10-19(2,3)4)22-12-9-17(15-22)16-24-14-13-23-5;/h17H,6-16H2,1-5H3,(H,20,21);1H. The van der Waals surface area contributed by atoms with E-state index in [1.807, 2.05) is 0 Å². The lowest BCUT2D eigenvalue weighted by atomic mass is 9.90. The Morgan fingerprint density at radius 3 is 2.64 bits per heavy atom. The molecule has 1 rings (SSSR count). The molecule has 0 aromatic rings. The maximum atomic E-state index is 5.68. The second-order valence-electron chi connectivity index (χ2n) is 7.92. The van der Waals surface area contributed by atoms with Crippen LogP contribution in [0.5, 0.6) is 0 Å². The van der Waals surface area contributed by atoms with Crippen LogP contribution in [0.25, 0.3) is 0 Å². The van der Waals surface area contributed by atoms with E-state index in [0.29, 0.717) is 24.5 Å². The number of rotatable bonds is 10. The fourth-order valence-corrected chi connectivity index (χ4v) is 2.93. The van der Waals surface area contributed by atoms with Crippen molar-refractivity contribution in [2.45, 2.75) is 53.4 Å². The first-order valence-corrected chi connectivity index (χ1v) is 9.56. The van der Waals surface area contributed by atoms with Crippen LogP contribution in [-0.2, 0) is 9.47 Å². The quantitative estimate of drug-likeness (QED) is 0.229. The van der Waals surface area contributed by atoms with Crippen molar-refractivity contribution < 1.29 is 9.47 Å². The first-order chi connectivity index (χ1) is 11.5. The molecule has 1 aliphatic rings. The van der Waals surface area contributed by atoms with Gasteiger partial charge in [-0.2, -0.15) is 0 Å². The van der Waals surface area contributed by atoms with Crippen LogP contribution < -0.4 is 5.32 Å². The van der Waals surface area contributed by atoms with Gasteiger partial charge in [0.15, 0.2) is 5.96 Å². The molecule has 1 atom stereocenters. The van der Waals surface area contributed by atoms with Gasteiger partial charge in [0.2, 0.25) is 0 Å². The lowest BCUT2D eigenvalue weighted by molar-refractivity contribution is 0.0536. The van der Waals surface area contributed by atoms with Gasteiger partial charge in [-0.15, -0.1) is 24.0 Å². The number of ether oxygens (including phenoxy) is 2. The van der Waals surface area contributed by atoms with E-state index < -0.39 is 0 Å². The van der Waals surface area contributed by atoms with Gasteiger partial charge in [0, 0.05) is 39.2 Å². The third-order valence-electron chi connectivity index (χ3n) is 4.30. The number of aliphatic imine (C=N–C) groups is 1. The summed E-state index contributed by atoms with van der Waals surface area (Å²) in [5, 5.41) is 3.44. The van der Waals surface area contributed by atoms with Crippen molar-refractivity contribution in [2.75, 3.05) is 53.1 Å². The Hall–Kier alpha value is -0.0800. The van der Waals surface area contributed by atoms with E-state index in [1.54, 1.807) is 7.11 Å². The third-order valence-corrected chi connectivity index (χ3v) is 4.30. The molecule has 0 spiro atoms. The normalized spacial score (nSPS) is 18.4. The summed E-state index contributed by atoms with van der Waals surface area (Å²) in [5.41, 5.74) is 0.430. The molecule has 1 N–H and O–H groups in total. The molecule has 0 bridgehead atoms. The highest BCUT2D eigenvalue weighted by Crippen LogP contribution is 2.21. The number of likely N-dealkylation sites (tertiary alicyclic amines) is 1. The summed E-state index contributed by atoms with van der Waals surface area (Å²) < 4.78 is 10.7. The van der Waals surface area contributed by atoms with Gasteiger partial charge in [0.05, 0.1) is 19.8 Å². The Labute approximate surface area is 172 Å². The number of guanidine groups is 1. The Balaban J connectivity index is 0.00000576. The van der Waals surface area contributed by atoms with E-state index >= 15 is 0 Å². The number of methoxy groups -OCH3 is 1. The summed E-state index contributed by atoms with van der Waals surface area (Å²) in [6.07, 6.45) is 4.87. The maximum absolute atomic E-state index is 5.68. The molecule has 0 amide bonds. The van der Waals surface area contributed by atoms with E-state index in [-0.39, 0.29) is 24.0 Å². The van der Waals surface area contributed by atoms with Gasteiger partial charge < -0.3 is 19.7 Å². The molecule has 25 heavy (non-hydrogen) atoms. The van der Waals surface area contributed by atoms with E-state index in [2.05, 4.69) is 37.9 Å². The van der Waals surface area contributed by atoms with Crippen LogP contribution in [0.3, 0.4) is 0 Å². The molecule has 1 saturated heterocycles. The van der Waals surface area contributed by atoms with E-state index in [9.17, 15) is 0 Å². The number of hydrogen-bond donors (Lipinski definition) is 1. The van der Waals surface area contributed by atoms with Gasteiger partial charge in [-0.3, -0.25) is 4.99 Å². The summed E-state index contributed by atoms with van der Waals surface area (Å²) in [4.78, 5) is 7.22. The Bertz CT molecular complexity index is 359. The van der Waals surface area contributed by atoms with Crippen molar-refractivity contribution >= 4 is 29.9 Å². The molecular weight excluding hydrogens is 429 g/mol. The zero-order chi connectivity index (χ0) is 17.8. The molecule has 1 heterocycles. The molecule has 0 radical (unpaired) electrons. The van der Waals surface area contributed by atoms with Gasteiger partial charge in [0.1, 0.15) is 0 Å². The minimum Gasteiger partial charge on any atom is -0.382 e. The highest BCUT2D eigenvalue weighted by atomic mass is 127. The summed E-state index contributed by atoms with van der Waals surface area (Å²) in [6.45, 7) is 15.2. The molecule has 1 fully saturated rings. The van der Waals surface area contributed by atoms with Crippen LogP contribution >= 0.6 is 24.0 Å². The molecule has 150 valence electrons. The number of unbranched alkanes of at least 4 members (excludes halogenated alkanes) is 1. The Morgan fingerprint density at radius 1 is 1.24 bits per heavy atom. The Kier molecular flexibility index (Phi) is 14.0.